The summed E-state index contributed by atoms with van der Waals surface area (Å²) in [6, 6.07) is 4.75. The number of nitrogens with one attached hydrogen (secondary N) is 1. The van der Waals surface area contributed by atoms with E-state index >= 15 is 0 Å². The van der Waals surface area contributed by atoms with Crippen LogP contribution in [-0.4, -0.2) is 26.6 Å². The highest BCUT2D eigenvalue weighted by Crippen LogP contribution is 2.36. The minimum Gasteiger partial charge on any atom is -0.493 e. The number of hydrogen-bond acceptors (Lipinski definition) is 4. The molecule has 0 bridgehead atoms. The first kappa shape index (κ1) is 14.6. The van der Waals surface area contributed by atoms with Crippen LogP contribution in [0.15, 0.2) is 16.6 Å². The number of hydrogen-bond donors (Lipinski definition) is 1. The largest absolute Gasteiger partial charge is 0.493 e. The van der Waals surface area contributed by atoms with E-state index in [9.17, 15) is 0 Å². The van der Waals surface area contributed by atoms with Crippen LogP contribution in [-0.2, 0) is 11.3 Å². The second kappa shape index (κ2) is 7.12. The molecule has 1 N–H and O–H groups in total. The van der Waals surface area contributed by atoms with Crippen LogP contribution in [0, 0.1) is 0 Å². The summed E-state index contributed by atoms with van der Waals surface area (Å²) in [7, 11) is 1.65. The highest BCUT2D eigenvalue weighted by atomic mass is 79.9. The lowest BCUT2D eigenvalue weighted by Gasteiger charge is -2.14. The van der Waals surface area contributed by atoms with E-state index in [0.29, 0.717) is 18.4 Å². The lowest BCUT2D eigenvalue weighted by Crippen LogP contribution is -2.15. The SMILES string of the molecule is CCOCOc1c(Br)cc(CNC2CC2)cc1OC. The summed E-state index contributed by atoms with van der Waals surface area (Å²) in [5, 5.41) is 3.48. The number of halogens is 1. The molecular weight excluding hydrogens is 310 g/mol. The first-order valence-corrected chi connectivity index (χ1v) is 7.34. The highest BCUT2D eigenvalue weighted by Gasteiger charge is 2.20. The van der Waals surface area contributed by atoms with Gasteiger partial charge < -0.3 is 19.5 Å². The molecule has 1 aliphatic carbocycles. The number of rotatable bonds is 8. The molecule has 0 aliphatic heterocycles. The normalized spacial score (nSPS) is 14.5. The van der Waals surface area contributed by atoms with Gasteiger partial charge in [0.05, 0.1) is 11.6 Å². The van der Waals surface area contributed by atoms with Gasteiger partial charge in [-0.3, -0.25) is 0 Å². The molecule has 4 nitrogen and oxygen atoms in total. The summed E-state index contributed by atoms with van der Waals surface area (Å²) in [5.74, 6) is 1.41. The molecule has 2 rings (SSSR count). The molecule has 106 valence electrons. The lowest BCUT2D eigenvalue weighted by molar-refractivity contribution is 0.0204. The maximum atomic E-state index is 5.58. The first-order chi connectivity index (χ1) is 9.24. The van der Waals surface area contributed by atoms with Crippen LogP contribution in [0.25, 0.3) is 0 Å². The second-order valence-electron chi connectivity index (χ2n) is 4.52. The van der Waals surface area contributed by atoms with Crippen molar-refractivity contribution in [2.45, 2.75) is 32.4 Å². The molecule has 5 heteroatoms. The molecule has 1 fully saturated rings. The molecule has 0 spiro atoms. The Bertz CT molecular complexity index is 421. The van der Waals surface area contributed by atoms with Crippen LogP contribution in [0.5, 0.6) is 11.5 Å². The van der Waals surface area contributed by atoms with Crippen LogP contribution in [0.4, 0.5) is 0 Å². The Morgan fingerprint density at radius 2 is 2.16 bits per heavy atom. The van der Waals surface area contributed by atoms with Crippen molar-refractivity contribution in [2.24, 2.45) is 0 Å². The smallest absolute Gasteiger partial charge is 0.189 e. The Morgan fingerprint density at radius 3 is 2.79 bits per heavy atom. The topological polar surface area (TPSA) is 39.7 Å². The standard InChI is InChI=1S/C14H20BrNO3/c1-3-18-9-19-14-12(15)6-10(7-13(14)17-2)8-16-11-4-5-11/h6-7,11,16H,3-5,8-9H2,1-2H3. The van der Waals surface area contributed by atoms with Crippen molar-refractivity contribution < 1.29 is 14.2 Å². The maximum absolute atomic E-state index is 5.58. The Balaban J connectivity index is 2.04. The summed E-state index contributed by atoms with van der Waals surface area (Å²) in [6.45, 7) is 3.64. The monoisotopic (exact) mass is 329 g/mol. The third kappa shape index (κ3) is 4.37. The predicted molar refractivity (Wildman–Crippen MR) is 77.7 cm³/mol. The van der Waals surface area contributed by atoms with Crippen molar-refractivity contribution >= 4 is 15.9 Å². The fraction of sp³-hybridized carbons (Fsp3) is 0.571. The summed E-state index contributed by atoms with van der Waals surface area (Å²) >= 11 is 3.53. The second-order valence-corrected chi connectivity index (χ2v) is 5.37. The average Bonchev–Trinajstić information content (AvgIpc) is 3.22. The van der Waals surface area contributed by atoms with E-state index in [1.165, 1.54) is 18.4 Å². The quantitative estimate of drug-likeness (QED) is 0.587. The molecule has 0 amide bonds. The Labute approximate surface area is 122 Å². The summed E-state index contributed by atoms with van der Waals surface area (Å²) in [5.41, 5.74) is 1.18. The van der Waals surface area contributed by atoms with E-state index in [1.54, 1.807) is 7.11 Å². The Kier molecular flexibility index (Phi) is 5.48. The van der Waals surface area contributed by atoms with E-state index < -0.39 is 0 Å². The lowest BCUT2D eigenvalue weighted by atomic mass is 10.2. The van der Waals surface area contributed by atoms with E-state index in [1.807, 2.05) is 13.0 Å². The van der Waals surface area contributed by atoms with E-state index in [-0.39, 0.29) is 6.79 Å². The third-order valence-electron chi connectivity index (χ3n) is 2.95. The number of ether oxygens (including phenoxy) is 3. The van der Waals surface area contributed by atoms with Crippen molar-refractivity contribution in [3.05, 3.63) is 22.2 Å². The van der Waals surface area contributed by atoms with Crippen molar-refractivity contribution in [3.63, 3.8) is 0 Å². The number of benzene rings is 1. The molecule has 0 heterocycles. The minimum absolute atomic E-state index is 0.227. The molecule has 0 atom stereocenters. The number of methoxy groups -OCH3 is 1. The zero-order valence-corrected chi connectivity index (χ0v) is 13.0. The van der Waals surface area contributed by atoms with Crippen LogP contribution >= 0.6 is 15.9 Å². The van der Waals surface area contributed by atoms with Gasteiger partial charge in [0.1, 0.15) is 0 Å². The molecule has 19 heavy (non-hydrogen) atoms. The molecule has 0 saturated heterocycles. The molecule has 1 aromatic rings. The van der Waals surface area contributed by atoms with Gasteiger partial charge in [-0.05, 0) is 53.4 Å². The van der Waals surface area contributed by atoms with E-state index in [0.717, 1.165) is 16.8 Å². The molecule has 1 aliphatic rings. The van der Waals surface area contributed by atoms with Gasteiger partial charge in [0.25, 0.3) is 0 Å². The van der Waals surface area contributed by atoms with Gasteiger partial charge in [0, 0.05) is 19.2 Å². The average molecular weight is 330 g/mol. The van der Waals surface area contributed by atoms with Gasteiger partial charge in [-0.15, -0.1) is 0 Å². The van der Waals surface area contributed by atoms with Crippen LogP contribution in [0.1, 0.15) is 25.3 Å². The van der Waals surface area contributed by atoms with Gasteiger partial charge in [-0.25, -0.2) is 0 Å². The van der Waals surface area contributed by atoms with Crippen molar-refractivity contribution in [3.8, 4) is 11.5 Å². The Morgan fingerprint density at radius 1 is 1.37 bits per heavy atom. The van der Waals surface area contributed by atoms with Gasteiger partial charge in [-0.1, -0.05) is 0 Å². The molecule has 0 radical (unpaired) electrons. The molecule has 1 saturated carbocycles. The minimum atomic E-state index is 0.227. The zero-order valence-electron chi connectivity index (χ0n) is 11.4. The van der Waals surface area contributed by atoms with Gasteiger partial charge in [-0.2, -0.15) is 0 Å². The predicted octanol–water partition coefficient (Wildman–Crippen LogP) is 3.08. The third-order valence-corrected chi connectivity index (χ3v) is 3.54. The van der Waals surface area contributed by atoms with Crippen LogP contribution in [0.2, 0.25) is 0 Å². The maximum Gasteiger partial charge on any atom is 0.189 e. The van der Waals surface area contributed by atoms with Crippen molar-refractivity contribution in [1.82, 2.24) is 5.32 Å². The van der Waals surface area contributed by atoms with Crippen molar-refractivity contribution in [1.29, 1.82) is 0 Å². The van der Waals surface area contributed by atoms with Crippen LogP contribution in [0.3, 0.4) is 0 Å². The van der Waals surface area contributed by atoms with E-state index in [2.05, 4.69) is 27.3 Å². The van der Waals surface area contributed by atoms with Crippen LogP contribution < -0.4 is 14.8 Å². The molecule has 0 aromatic heterocycles. The Hall–Kier alpha value is -0.780. The van der Waals surface area contributed by atoms with Gasteiger partial charge in [0.2, 0.25) is 0 Å². The molecule has 1 aromatic carbocycles. The summed E-state index contributed by atoms with van der Waals surface area (Å²) in [4.78, 5) is 0. The van der Waals surface area contributed by atoms with Gasteiger partial charge in [0.15, 0.2) is 18.3 Å². The first-order valence-electron chi connectivity index (χ1n) is 6.55. The van der Waals surface area contributed by atoms with Crippen molar-refractivity contribution in [2.75, 3.05) is 20.5 Å². The fourth-order valence-corrected chi connectivity index (χ4v) is 2.35. The summed E-state index contributed by atoms with van der Waals surface area (Å²) < 4.78 is 17.0. The fourth-order valence-electron chi connectivity index (χ4n) is 1.75. The highest BCUT2D eigenvalue weighted by molar-refractivity contribution is 9.10. The molecule has 0 unspecified atom stereocenters. The van der Waals surface area contributed by atoms with Gasteiger partial charge >= 0.3 is 0 Å². The zero-order chi connectivity index (χ0) is 13.7. The van der Waals surface area contributed by atoms with E-state index in [4.69, 9.17) is 14.2 Å². The summed E-state index contributed by atoms with van der Waals surface area (Å²) in [6.07, 6.45) is 2.57. The molecular formula is C14H20BrNO3.